The smallest absolute Gasteiger partial charge is 0.410 e. The second-order valence-corrected chi connectivity index (χ2v) is 6.19. The summed E-state index contributed by atoms with van der Waals surface area (Å²) < 4.78 is 5.26. The van der Waals surface area contributed by atoms with E-state index < -0.39 is 0 Å². The third-order valence-electron chi connectivity index (χ3n) is 4.00. The van der Waals surface area contributed by atoms with Crippen LogP contribution in [-0.2, 0) is 16.0 Å². The van der Waals surface area contributed by atoms with Crippen LogP contribution in [0.15, 0.2) is 24.3 Å². The molecule has 1 aromatic rings. The molecule has 2 amide bonds. The van der Waals surface area contributed by atoms with Crippen LogP contribution in [0.1, 0.15) is 24.8 Å². The molecule has 0 spiro atoms. The van der Waals surface area contributed by atoms with E-state index in [9.17, 15) is 9.59 Å². The van der Waals surface area contributed by atoms with Crippen molar-refractivity contribution >= 4 is 23.6 Å². The Bertz CT molecular complexity index is 574. The topological polar surface area (TPSA) is 58.6 Å². The molecule has 1 N–H and O–H groups in total. The minimum Gasteiger partial charge on any atom is -0.442 e. The summed E-state index contributed by atoms with van der Waals surface area (Å²) in [5, 5.41) is 3.51. The number of rotatable bonds is 6. The number of carbonyl (C=O) groups is 2. The molecule has 1 unspecified atom stereocenters. The predicted octanol–water partition coefficient (Wildman–Crippen LogP) is 2.37. The zero-order valence-electron chi connectivity index (χ0n) is 12.3. The van der Waals surface area contributed by atoms with Gasteiger partial charge in [0.05, 0.1) is 13.1 Å². The molecule has 1 saturated heterocycles. The molecule has 1 aromatic carbocycles. The average molecular weight is 323 g/mol. The summed E-state index contributed by atoms with van der Waals surface area (Å²) in [7, 11) is 0. The number of hydrogen-bond donors (Lipinski definition) is 1. The van der Waals surface area contributed by atoms with Gasteiger partial charge in [-0.1, -0.05) is 29.8 Å². The Morgan fingerprint density at radius 1 is 1.36 bits per heavy atom. The van der Waals surface area contributed by atoms with Crippen LogP contribution in [0.2, 0.25) is 5.02 Å². The van der Waals surface area contributed by atoms with Gasteiger partial charge in [0.25, 0.3) is 0 Å². The van der Waals surface area contributed by atoms with Crippen molar-refractivity contribution in [2.75, 3.05) is 13.1 Å². The van der Waals surface area contributed by atoms with Crippen molar-refractivity contribution in [2.24, 2.45) is 0 Å². The maximum absolute atomic E-state index is 11.9. The van der Waals surface area contributed by atoms with Gasteiger partial charge < -0.3 is 15.0 Å². The number of nitrogens with zero attached hydrogens (tertiary/aromatic N) is 1. The Labute approximate surface area is 134 Å². The molecule has 0 radical (unpaired) electrons. The van der Waals surface area contributed by atoms with Crippen LogP contribution < -0.4 is 5.32 Å². The summed E-state index contributed by atoms with van der Waals surface area (Å²) in [4.78, 5) is 25.3. The van der Waals surface area contributed by atoms with Crippen molar-refractivity contribution in [1.29, 1.82) is 0 Å². The van der Waals surface area contributed by atoms with E-state index in [1.807, 2.05) is 24.3 Å². The van der Waals surface area contributed by atoms with E-state index in [2.05, 4.69) is 5.32 Å². The Morgan fingerprint density at radius 2 is 2.14 bits per heavy atom. The zero-order chi connectivity index (χ0) is 15.5. The van der Waals surface area contributed by atoms with Crippen molar-refractivity contribution in [2.45, 2.75) is 37.8 Å². The molecule has 1 atom stereocenters. The first kappa shape index (κ1) is 15.2. The van der Waals surface area contributed by atoms with Gasteiger partial charge in [-0.25, -0.2) is 4.79 Å². The van der Waals surface area contributed by atoms with Gasteiger partial charge in [-0.2, -0.15) is 0 Å². The third-order valence-corrected chi connectivity index (χ3v) is 4.36. The summed E-state index contributed by atoms with van der Waals surface area (Å²) in [6.07, 6.45) is 2.61. The number of benzene rings is 1. The highest BCUT2D eigenvalue weighted by atomic mass is 35.5. The molecule has 0 aromatic heterocycles. The normalized spacial score (nSPS) is 20.9. The molecule has 22 heavy (non-hydrogen) atoms. The van der Waals surface area contributed by atoms with Gasteiger partial charge >= 0.3 is 6.09 Å². The predicted molar refractivity (Wildman–Crippen MR) is 82.8 cm³/mol. The van der Waals surface area contributed by atoms with Gasteiger partial charge in [-0.05, 0) is 30.9 Å². The number of nitrogens with one attached hydrogen (secondary N) is 1. The van der Waals surface area contributed by atoms with Gasteiger partial charge in [0.2, 0.25) is 5.91 Å². The van der Waals surface area contributed by atoms with Gasteiger partial charge in [-0.3, -0.25) is 4.79 Å². The van der Waals surface area contributed by atoms with Crippen LogP contribution in [-0.4, -0.2) is 42.1 Å². The number of aryl methyl sites for hydroxylation is 1. The molecule has 3 rings (SSSR count). The fraction of sp³-hybridized carbons (Fsp3) is 0.500. The lowest BCUT2D eigenvalue weighted by Crippen LogP contribution is -2.35. The highest BCUT2D eigenvalue weighted by molar-refractivity contribution is 6.31. The first-order valence-electron chi connectivity index (χ1n) is 7.61. The second kappa shape index (κ2) is 6.57. The molecule has 2 aliphatic rings. The van der Waals surface area contributed by atoms with Crippen LogP contribution in [0.25, 0.3) is 0 Å². The highest BCUT2D eigenvalue weighted by Gasteiger charge is 2.40. The Hall–Kier alpha value is -1.75. The van der Waals surface area contributed by atoms with Crippen molar-refractivity contribution in [1.82, 2.24) is 10.2 Å². The molecule has 1 aliphatic carbocycles. The number of hydrogen-bond acceptors (Lipinski definition) is 3. The van der Waals surface area contributed by atoms with E-state index in [1.165, 1.54) is 0 Å². The van der Waals surface area contributed by atoms with Crippen LogP contribution >= 0.6 is 11.6 Å². The summed E-state index contributed by atoms with van der Waals surface area (Å²) in [5.41, 5.74) is 0.964. The largest absolute Gasteiger partial charge is 0.442 e. The number of carbonyl (C=O) groups excluding carboxylic acids is 2. The van der Waals surface area contributed by atoms with Gasteiger partial charge in [-0.15, -0.1) is 0 Å². The van der Waals surface area contributed by atoms with Crippen molar-refractivity contribution in [3.63, 3.8) is 0 Å². The van der Waals surface area contributed by atoms with Crippen LogP contribution in [0.3, 0.4) is 0 Å². The first-order valence-corrected chi connectivity index (χ1v) is 7.98. The highest BCUT2D eigenvalue weighted by Crippen LogP contribution is 2.30. The maximum Gasteiger partial charge on any atom is 0.410 e. The standard InChI is InChI=1S/C16H19ClN2O3/c17-14-4-2-1-3-11(14)5-8-15(20)18-9-13-10-19(12-6-7-12)16(21)22-13/h1-4,12-13H,5-10H2,(H,18,20). The van der Waals surface area contributed by atoms with E-state index in [-0.39, 0.29) is 18.1 Å². The number of cyclic esters (lactones) is 1. The Kier molecular flexibility index (Phi) is 4.52. The Balaban J connectivity index is 1.39. The van der Waals surface area contributed by atoms with E-state index >= 15 is 0 Å². The van der Waals surface area contributed by atoms with Crippen molar-refractivity contribution in [3.05, 3.63) is 34.9 Å². The minimum atomic E-state index is -0.252. The fourth-order valence-electron chi connectivity index (χ4n) is 2.60. The van der Waals surface area contributed by atoms with Crippen LogP contribution in [0.4, 0.5) is 4.79 Å². The second-order valence-electron chi connectivity index (χ2n) is 5.78. The van der Waals surface area contributed by atoms with E-state index in [1.54, 1.807) is 4.90 Å². The molecule has 5 nitrogen and oxygen atoms in total. The van der Waals surface area contributed by atoms with Crippen LogP contribution in [0, 0.1) is 0 Å². The van der Waals surface area contributed by atoms with Crippen LogP contribution in [0.5, 0.6) is 0 Å². The van der Waals surface area contributed by atoms with E-state index in [0.29, 0.717) is 37.0 Å². The molecular formula is C16H19ClN2O3. The third kappa shape index (κ3) is 3.71. The molecule has 0 bridgehead atoms. The quantitative estimate of drug-likeness (QED) is 0.874. The van der Waals surface area contributed by atoms with Gasteiger partial charge in [0.1, 0.15) is 6.10 Å². The molecule has 2 fully saturated rings. The average Bonchev–Trinajstić information content (AvgIpc) is 3.28. The molecule has 6 heteroatoms. The van der Waals surface area contributed by atoms with Crippen molar-refractivity contribution in [3.8, 4) is 0 Å². The van der Waals surface area contributed by atoms with Gasteiger partial charge in [0, 0.05) is 17.5 Å². The molecule has 1 heterocycles. The molecule has 1 aliphatic heterocycles. The zero-order valence-corrected chi connectivity index (χ0v) is 13.0. The lowest BCUT2D eigenvalue weighted by Gasteiger charge is -2.11. The lowest BCUT2D eigenvalue weighted by molar-refractivity contribution is -0.121. The number of halogens is 1. The Morgan fingerprint density at radius 3 is 2.86 bits per heavy atom. The van der Waals surface area contributed by atoms with E-state index in [4.69, 9.17) is 16.3 Å². The van der Waals surface area contributed by atoms with E-state index in [0.717, 1.165) is 18.4 Å². The summed E-state index contributed by atoms with van der Waals surface area (Å²) >= 11 is 6.06. The molecule has 118 valence electrons. The lowest BCUT2D eigenvalue weighted by atomic mass is 10.1. The SMILES string of the molecule is O=C(CCc1ccccc1Cl)NCC1CN(C2CC2)C(=O)O1. The van der Waals surface area contributed by atoms with Crippen molar-refractivity contribution < 1.29 is 14.3 Å². The summed E-state index contributed by atoms with van der Waals surface area (Å²) in [6, 6.07) is 7.87. The summed E-state index contributed by atoms with van der Waals surface area (Å²) in [6.45, 7) is 0.949. The van der Waals surface area contributed by atoms with Gasteiger partial charge in [0.15, 0.2) is 0 Å². The molecular weight excluding hydrogens is 304 g/mol. The maximum atomic E-state index is 11.9. The number of amides is 2. The molecule has 1 saturated carbocycles. The minimum absolute atomic E-state index is 0.0548. The number of ether oxygens (including phenoxy) is 1. The summed E-state index contributed by atoms with van der Waals surface area (Å²) in [5.74, 6) is -0.0548. The fourth-order valence-corrected chi connectivity index (χ4v) is 2.83. The monoisotopic (exact) mass is 322 g/mol. The first-order chi connectivity index (χ1) is 10.6.